The van der Waals surface area contributed by atoms with Crippen LogP contribution in [-0.2, 0) is 4.79 Å². The van der Waals surface area contributed by atoms with E-state index in [2.05, 4.69) is 13.0 Å². The predicted molar refractivity (Wildman–Crippen MR) is 32.5 cm³/mol. The van der Waals surface area contributed by atoms with Gasteiger partial charge in [-0.1, -0.05) is 19.1 Å². The van der Waals surface area contributed by atoms with Gasteiger partial charge in [0.15, 0.2) is 0 Å². The SMILES string of the molecule is CC/C=C/C1CC1=O. The Balaban J connectivity index is 2.21. The van der Waals surface area contributed by atoms with E-state index >= 15 is 0 Å². The third kappa shape index (κ3) is 1.19. The summed E-state index contributed by atoms with van der Waals surface area (Å²) in [5, 5.41) is 0. The zero-order chi connectivity index (χ0) is 5.98. The van der Waals surface area contributed by atoms with Crippen LogP contribution in [0.1, 0.15) is 19.8 Å². The molecule has 1 aliphatic rings. The number of hydrogen-bond donors (Lipinski definition) is 0. The van der Waals surface area contributed by atoms with E-state index in [1.54, 1.807) is 0 Å². The molecule has 0 aliphatic heterocycles. The summed E-state index contributed by atoms with van der Waals surface area (Å²) in [5.74, 6) is 0.699. The number of rotatable bonds is 2. The maximum atomic E-state index is 10.3. The van der Waals surface area contributed by atoms with Crippen molar-refractivity contribution >= 4 is 5.78 Å². The molecule has 1 aliphatic carbocycles. The molecule has 0 bridgehead atoms. The minimum absolute atomic E-state index is 0.301. The average Bonchev–Trinajstić information content (AvgIpc) is 2.42. The van der Waals surface area contributed by atoms with Crippen molar-refractivity contribution in [1.82, 2.24) is 0 Å². The summed E-state index contributed by atoms with van der Waals surface area (Å²) in [6.07, 6.45) is 5.89. The summed E-state index contributed by atoms with van der Waals surface area (Å²) in [7, 11) is 0. The maximum Gasteiger partial charge on any atom is 0.141 e. The number of Topliss-reactive ketones (excluding diaryl/α,β-unsaturated/α-hetero) is 1. The molecule has 0 spiro atoms. The van der Waals surface area contributed by atoms with Crippen molar-refractivity contribution in [2.75, 3.05) is 0 Å². The van der Waals surface area contributed by atoms with Gasteiger partial charge in [0.05, 0.1) is 0 Å². The average molecular weight is 110 g/mol. The van der Waals surface area contributed by atoms with Crippen LogP contribution in [0, 0.1) is 5.92 Å². The van der Waals surface area contributed by atoms with E-state index in [1.165, 1.54) is 0 Å². The zero-order valence-corrected chi connectivity index (χ0v) is 5.05. The molecular formula is C7H10O. The third-order valence-electron chi connectivity index (χ3n) is 1.28. The van der Waals surface area contributed by atoms with Crippen molar-refractivity contribution in [3.05, 3.63) is 12.2 Å². The molecule has 1 unspecified atom stereocenters. The van der Waals surface area contributed by atoms with E-state index in [0.29, 0.717) is 11.7 Å². The molecule has 1 heteroatoms. The quantitative estimate of drug-likeness (QED) is 0.493. The molecule has 0 N–H and O–H groups in total. The van der Waals surface area contributed by atoms with Gasteiger partial charge in [0.2, 0.25) is 0 Å². The Bertz CT molecular complexity index is 124. The lowest BCUT2D eigenvalue weighted by Crippen LogP contribution is -1.68. The fraction of sp³-hybridized carbons (Fsp3) is 0.571. The fourth-order valence-corrected chi connectivity index (χ4v) is 0.634. The molecule has 0 amide bonds. The second-order valence-corrected chi connectivity index (χ2v) is 2.11. The number of allylic oxidation sites excluding steroid dienone is 2. The first-order valence-corrected chi connectivity index (χ1v) is 3.04. The highest BCUT2D eigenvalue weighted by Gasteiger charge is 2.30. The van der Waals surface area contributed by atoms with E-state index in [0.717, 1.165) is 12.8 Å². The van der Waals surface area contributed by atoms with Gasteiger partial charge in [-0.2, -0.15) is 0 Å². The summed E-state index contributed by atoms with van der Waals surface area (Å²) in [6.45, 7) is 2.07. The molecule has 1 atom stereocenters. The Morgan fingerprint density at radius 2 is 2.50 bits per heavy atom. The van der Waals surface area contributed by atoms with Crippen LogP contribution in [0.15, 0.2) is 12.2 Å². The van der Waals surface area contributed by atoms with E-state index in [4.69, 9.17) is 0 Å². The first-order chi connectivity index (χ1) is 3.84. The van der Waals surface area contributed by atoms with E-state index < -0.39 is 0 Å². The van der Waals surface area contributed by atoms with Crippen molar-refractivity contribution in [2.24, 2.45) is 5.92 Å². The molecule has 1 rings (SSSR count). The summed E-state index contributed by atoms with van der Waals surface area (Å²) >= 11 is 0. The first kappa shape index (κ1) is 5.54. The smallest absolute Gasteiger partial charge is 0.141 e. The maximum absolute atomic E-state index is 10.3. The normalized spacial score (nSPS) is 27.1. The molecule has 0 radical (unpaired) electrons. The predicted octanol–water partition coefficient (Wildman–Crippen LogP) is 1.54. The van der Waals surface area contributed by atoms with Crippen molar-refractivity contribution in [1.29, 1.82) is 0 Å². The molecule has 0 aromatic heterocycles. The highest BCUT2D eigenvalue weighted by Crippen LogP contribution is 2.24. The highest BCUT2D eigenvalue weighted by molar-refractivity contribution is 5.97. The van der Waals surface area contributed by atoms with Crippen LogP contribution in [0.3, 0.4) is 0 Å². The molecule has 1 fully saturated rings. The number of carbonyl (C=O) groups excluding carboxylic acids is 1. The molecule has 0 aromatic carbocycles. The van der Waals surface area contributed by atoms with Crippen LogP contribution in [-0.4, -0.2) is 5.78 Å². The molecule has 1 nitrogen and oxygen atoms in total. The minimum atomic E-state index is 0.301. The Morgan fingerprint density at radius 3 is 2.88 bits per heavy atom. The lowest BCUT2D eigenvalue weighted by atomic mass is 10.3. The van der Waals surface area contributed by atoms with Gasteiger partial charge < -0.3 is 0 Å². The summed E-state index contributed by atoms with van der Waals surface area (Å²) in [5.41, 5.74) is 0. The van der Waals surface area contributed by atoms with Crippen molar-refractivity contribution in [3.8, 4) is 0 Å². The van der Waals surface area contributed by atoms with Crippen molar-refractivity contribution in [2.45, 2.75) is 19.8 Å². The van der Waals surface area contributed by atoms with Gasteiger partial charge in [-0.15, -0.1) is 0 Å². The van der Waals surface area contributed by atoms with Gasteiger partial charge >= 0.3 is 0 Å². The highest BCUT2D eigenvalue weighted by atomic mass is 16.1. The van der Waals surface area contributed by atoms with E-state index in [1.807, 2.05) is 6.08 Å². The number of carbonyl (C=O) groups is 1. The largest absolute Gasteiger partial charge is 0.299 e. The van der Waals surface area contributed by atoms with E-state index in [9.17, 15) is 4.79 Å². The van der Waals surface area contributed by atoms with Crippen LogP contribution in [0.5, 0.6) is 0 Å². The van der Waals surface area contributed by atoms with Crippen LogP contribution >= 0.6 is 0 Å². The van der Waals surface area contributed by atoms with Crippen molar-refractivity contribution in [3.63, 3.8) is 0 Å². The zero-order valence-electron chi connectivity index (χ0n) is 5.05. The monoisotopic (exact) mass is 110 g/mol. The van der Waals surface area contributed by atoms with Gasteiger partial charge in [0, 0.05) is 12.3 Å². The van der Waals surface area contributed by atoms with Gasteiger partial charge in [0.1, 0.15) is 5.78 Å². The standard InChI is InChI=1S/C7H10O/c1-2-3-4-6-5-7(6)8/h3-4,6H,2,5H2,1H3/b4-3+. The van der Waals surface area contributed by atoms with E-state index in [-0.39, 0.29) is 0 Å². The second kappa shape index (κ2) is 2.12. The summed E-state index contributed by atoms with van der Waals surface area (Å²) in [4.78, 5) is 10.3. The van der Waals surface area contributed by atoms with Crippen LogP contribution in [0.4, 0.5) is 0 Å². The second-order valence-electron chi connectivity index (χ2n) is 2.11. The topological polar surface area (TPSA) is 17.1 Å². The minimum Gasteiger partial charge on any atom is -0.299 e. The molecular weight excluding hydrogens is 100 g/mol. The van der Waals surface area contributed by atoms with Crippen LogP contribution in [0.25, 0.3) is 0 Å². The molecule has 0 aromatic rings. The first-order valence-electron chi connectivity index (χ1n) is 3.04. The molecule has 1 saturated carbocycles. The van der Waals surface area contributed by atoms with Gasteiger partial charge in [-0.3, -0.25) is 4.79 Å². The Kier molecular flexibility index (Phi) is 1.47. The van der Waals surface area contributed by atoms with Gasteiger partial charge in [-0.25, -0.2) is 0 Å². The third-order valence-corrected chi connectivity index (χ3v) is 1.28. The molecule has 8 heavy (non-hydrogen) atoms. The summed E-state index contributed by atoms with van der Waals surface area (Å²) < 4.78 is 0. The van der Waals surface area contributed by atoms with Gasteiger partial charge in [0.25, 0.3) is 0 Å². The molecule has 0 heterocycles. The Hall–Kier alpha value is -0.590. The van der Waals surface area contributed by atoms with Crippen LogP contribution < -0.4 is 0 Å². The van der Waals surface area contributed by atoms with Crippen molar-refractivity contribution < 1.29 is 4.79 Å². The fourth-order valence-electron chi connectivity index (χ4n) is 0.634. The lowest BCUT2D eigenvalue weighted by molar-refractivity contribution is -0.110. The van der Waals surface area contributed by atoms with Crippen LogP contribution in [0.2, 0.25) is 0 Å². The number of hydrogen-bond acceptors (Lipinski definition) is 1. The Labute approximate surface area is 49.4 Å². The van der Waals surface area contributed by atoms with Gasteiger partial charge in [-0.05, 0) is 6.42 Å². The molecule has 44 valence electrons. The molecule has 0 saturated heterocycles. The number of ketones is 1. The lowest BCUT2D eigenvalue weighted by Gasteiger charge is -1.74. The Morgan fingerprint density at radius 1 is 1.88 bits per heavy atom. The summed E-state index contributed by atoms with van der Waals surface area (Å²) in [6, 6.07) is 0.